The third kappa shape index (κ3) is 18.7. The van der Waals surface area contributed by atoms with Crippen LogP contribution >= 0.6 is 0 Å². The summed E-state index contributed by atoms with van der Waals surface area (Å²) in [6, 6.07) is -4.37. The number of phenols is 1. The lowest BCUT2D eigenvalue weighted by Crippen LogP contribution is -2.61. The number of carboxylic acids is 1. The molecular weight excluding hydrogens is 750 g/mol. The molecule has 1 aromatic rings. The van der Waals surface area contributed by atoms with Crippen molar-refractivity contribution in [3.8, 4) is 5.75 Å². The molecule has 21 nitrogen and oxygen atoms in total. The Bertz CT molecular complexity index is 1450. The molecule has 1 rings (SSSR count). The number of aliphatic carboxylic acids is 1. The molecule has 1 aromatic carbocycles. The van der Waals surface area contributed by atoms with E-state index in [4.69, 9.17) is 22.3 Å². The lowest BCUT2D eigenvalue weighted by atomic mass is 10.0. The van der Waals surface area contributed by atoms with Crippen LogP contribution in [0.25, 0.3) is 0 Å². The zero-order chi connectivity index (χ0) is 43.1. The van der Waals surface area contributed by atoms with Crippen molar-refractivity contribution < 1.29 is 59.1 Å². The highest BCUT2D eigenvalue weighted by atomic mass is 16.4. The number of aliphatic hydroxyl groups is 3. The van der Waals surface area contributed by atoms with Crippen molar-refractivity contribution in [1.29, 1.82) is 0 Å². The molecule has 0 aliphatic rings. The molecule has 322 valence electrons. The summed E-state index contributed by atoms with van der Waals surface area (Å²) < 4.78 is 0. The number of phenolic OH excluding ortho intramolecular Hbond substituents is 1. The largest absolute Gasteiger partial charge is 0.508 e. The first-order valence-corrected chi connectivity index (χ1v) is 18.8. The Hall–Kier alpha value is -4.93. The van der Waals surface area contributed by atoms with Gasteiger partial charge in [0.2, 0.25) is 35.4 Å². The quantitative estimate of drug-likeness (QED) is 0.0355. The maximum absolute atomic E-state index is 13.7. The number of amides is 6. The van der Waals surface area contributed by atoms with E-state index in [9.17, 15) is 54.0 Å². The van der Waals surface area contributed by atoms with Gasteiger partial charge in [0.1, 0.15) is 48.0 Å². The van der Waals surface area contributed by atoms with Crippen LogP contribution in [0.15, 0.2) is 24.3 Å². The minimum Gasteiger partial charge on any atom is -0.508 e. The second kappa shape index (κ2) is 26.8. The average molecular weight is 812 g/mol. The molecular formula is C36H61N9O12. The van der Waals surface area contributed by atoms with E-state index >= 15 is 0 Å². The van der Waals surface area contributed by atoms with Gasteiger partial charge in [-0.1, -0.05) is 26.0 Å². The first-order valence-electron chi connectivity index (χ1n) is 18.8. The molecule has 0 saturated carbocycles. The minimum atomic E-state index is -1.68. The van der Waals surface area contributed by atoms with E-state index in [2.05, 4.69) is 31.9 Å². The van der Waals surface area contributed by atoms with Crippen LogP contribution in [0.3, 0.4) is 0 Å². The van der Waals surface area contributed by atoms with Gasteiger partial charge in [-0.05, 0) is 81.6 Å². The Kier molecular flexibility index (Phi) is 23.6. The number of benzene rings is 1. The minimum absolute atomic E-state index is 0.0470. The van der Waals surface area contributed by atoms with E-state index < -0.39 is 104 Å². The van der Waals surface area contributed by atoms with Gasteiger partial charge in [-0.25, -0.2) is 4.79 Å². The highest BCUT2D eigenvalue weighted by Gasteiger charge is 2.33. The number of nitrogens with one attached hydrogen (secondary N) is 6. The number of nitrogens with two attached hydrogens (primary N) is 3. The highest BCUT2D eigenvalue weighted by Crippen LogP contribution is 2.13. The fourth-order valence-corrected chi connectivity index (χ4v) is 5.40. The van der Waals surface area contributed by atoms with Crippen LogP contribution in [0.4, 0.5) is 0 Å². The molecule has 0 saturated heterocycles. The second-order valence-electron chi connectivity index (χ2n) is 13.9. The number of aliphatic hydroxyl groups excluding tert-OH is 3. The molecule has 0 aliphatic carbocycles. The number of carboxylic acid groups (broad SMARTS) is 1. The van der Waals surface area contributed by atoms with Gasteiger partial charge >= 0.3 is 5.97 Å². The Balaban J connectivity index is 3.27. The van der Waals surface area contributed by atoms with Crippen molar-refractivity contribution in [3.05, 3.63) is 29.8 Å². The van der Waals surface area contributed by atoms with Crippen LogP contribution in [0.2, 0.25) is 0 Å². The van der Waals surface area contributed by atoms with Crippen LogP contribution in [0, 0.1) is 5.92 Å². The first-order chi connectivity index (χ1) is 27.0. The lowest BCUT2D eigenvalue weighted by molar-refractivity contribution is -0.142. The standard InChI is InChI=1S/C36H61N9O12/c1-20(2)15-26(32(52)40-24(7-3-5-13-37)31(51)41-25(36(56)57)8-4-6-14-38)42-35(55)29(19-48)45-33(53)27(16-21-9-11-22(49)12-10-21)43-34(54)28(18-47)44-30(50)23(39)17-46/h9-12,20,23-29,46-49H,3-8,13-19,37-39H2,1-2H3,(H,40,52)(H,41,51)(H,42,55)(H,43,54)(H,44,50)(H,45,53)(H,56,57)/t23-,24-,25-,26-,27-,28-,29-/m0/s1. The van der Waals surface area contributed by atoms with Crippen LogP contribution < -0.4 is 49.1 Å². The van der Waals surface area contributed by atoms with Crippen molar-refractivity contribution in [3.63, 3.8) is 0 Å². The molecule has 0 spiro atoms. The summed E-state index contributed by atoms with van der Waals surface area (Å²) in [5.74, 6) is -7.09. The number of hydrogen-bond acceptors (Lipinski definition) is 14. The van der Waals surface area contributed by atoms with Gasteiger partial charge in [0.05, 0.1) is 19.8 Å². The highest BCUT2D eigenvalue weighted by molar-refractivity contribution is 5.97. The summed E-state index contributed by atoms with van der Waals surface area (Å²) in [4.78, 5) is 91.3. The van der Waals surface area contributed by atoms with Gasteiger partial charge in [0, 0.05) is 6.42 Å². The summed E-state index contributed by atoms with van der Waals surface area (Å²) in [6.45, 7) is 1.53. The van der Waals surface area contributed by atoms with E-state index in [1.165, 1.54) is 24.3 Å². The van der Waals surface area contributed by atoms with Crippen molar-refractivity contribution >= 4 is 41.4 Å². The fourth-order valence-electron chi connectivity index (χ4n) is 5.40. The molecule has 6 amide bonds. The number of aromatic hydroxyl groups is 1. The van der Waals surface area contributed by atoms with Crippen LogP contribution in [0.5, 0.6) is 5.75 Å². The van der Waals surface area contributed by atoms with E-state index in [1.807, 2.05) is 0 Å². The zero-order valence-electron chi connectivity index (χ0n) is 32.4. The molecule has 0 heterocycles. The number of rotatable bonds is 28. The van der Waals surface area contributed by atoms with Crippen LogP contribution in [-0.2, 0) is 40.0 Å². The smallest absolute Gasteiger partial charge is 0.326 e. The third-order valence-corrected chi connectivity index (χ3v) is 8.66. The van der Waals surface area contributed by atoms with Gasteiger partial charge in [0.15, 0.2) is 0 Å². The maximum Gasteiger partial charge on any atom is 0.326 e. The van der Waals surface area contributed by atoms with Gasteiger partial charge < -0.3 is 74.6 Å². The van der Waals surface area contributed by atoms with Crippen LogP contribution in [0.1, 0.15) is 64.4 Å². The average Bonchev–Trinajstić information content (AvgIpc) is 3.17. The molecule has 57 heavy (non-hydrogen) atoms. The van der Waals surface area contributed by atoms with Gasteiger partial charge in [-0.3, -0.25) is 28.8 Å². The zero-order valence-corrected chi connectivity index (χ0v) is 32.4. The van der Waals surface area contributed by atoms with Gasteiger partial charge in [-0.15, -0.1) is 0 Å². The summed E-state index contributed by atoms with van der Waals surface area (Å²) in [6.07, 6.45) is 1.92. The molecule has 0 fully saturated rings. The van der Waals surface area contributed by atoms with Crippen molar-refractivity contribution in [2.75, 3.05) is 32.9 Å². The first kappa shape index (κ1) is 50.1. The predicted molar refractivity (Wildman–Crippen MR) is 206 cm³/mol. The van der Waals surface area contributed by atoms with E-state index in [-0.39, 0.29) is 37.4 Å². The molecule has 0 unspecified atom stereocenters. The molecule has 7 atom stereocenters. The summed E-state index contributed by atoms with van der Waals surface area (Å²) in [5.41, 5.74) is 17.0. The van der Waals surface area contributed by atoms with Crippen molar-refractivity contribution in [2.24, 2.45) is 23.1 Å². The molecule has 17 N–H and O–H groups in total. The molecule has 21 heteroatoms. The van der Waals surface area contributed by atoms with E-state index in [1.54, 1.807) is 13.8 Å². The van der Waals surface area contributed by atoms with E-state index in [0.717, 1.165) is 0 Å². The van der Waals surface area contributed by atoms with Gasteiger partial charge in [-0.2, -0.15) is 0 Å². The molecule has 0 bridgehead atoms. The van der Waals surface area contributed by atoms with Gasteiger partial charge in [0.25, 0.3) is 0 Å². The number of unbranched alkanes of at least 4 members (excludes halogenated alkanes) is 2. The van der Waals surface area contributed by atoms with Crippen LogP contribution in [-0.4, -0.2) is 142 Å². The summed E-state index contributed by atoms with van der Waals surface area (Å²) >= 11 is 0. The Morgan fingerprint density at radius 1 is 0.561 bits per heavy atom. The molecule has 0 radical (unpaired) electrons. The van der Waals surface area contributed by atoms with Crippen molar-refractivity contribution in [1.82, 2.24) is 31.9 Å². The second-order valence-corrected chi connectivity index (χ2v) is 13.9. The maximum atomic E-state index is 13.7. The molecule has 0 aromatic heterocycles. The number of carbonyl (C=O) groups is 7. The summed E-state index contributed by atoms with van der Waals surface area (Å²) in [5, 5.41) is 62.9. The Labute approximate surface area is 331 Å². The number of carbonyl (C=O) groups excluding carboxylic acids is 6. The predicted octanol–water partition coefficient (Wildman–Crippen LogP) is -4.46. The SMILES string of the molecule is CC(C)C[C@H](NC(=O)[C@H](CO)NC(=O)[C@H](Cc1ccc(O)cc1)NC(=O)[C@H](CO)NC(=O)[C@@H](N)CO)C(=O)N[C@@H](CCCCN)C(=O)N[C@@H](CCCCN)C(=O)O. The lowest BCUT2D eigenvalue weighted by Gasteiger charge is -2.27. The van der Waals surface area contributed by atoms with Crippen molar-refractivity contribution in [2.45, 2.75) is 108 Å². The monoisotopic (exact) mass is 811 g/mol. The van der Waals surface area contributed by atoms with E-state index in [0.29, 0.717) is 44.3 Å². The third-order valence-electron chi connectivity index (χ3n) is 8.66. The normalized spacial score (nSPS) is 14.8. The fraction of sp³-hybridized carbons (Fsp3) is 0.639. The number of hydrogen-bond donors (Lipinski definition) is 14. The Morgan fingerprint density at radius 2 is 0.965 bits per heavy atom. The summed E-state index contributed by atoms with van der Waals surface area (Å²) in [7, 11) is 0. The topological polar surface area (TPSA) is 371 Å². The Morgan fingerprint density at radius 3 is 1.44 bits per heavy atom. The molecule has 0 aliphatic heterocycles.